The molecular formula is C21H20F3N7O2. The average Bonchev–Trinajstić information content (AvgIpc) is 3.41. The molecule has 0 saturated heterocycles. The highest BCUT2D eigenvalue weighted by molar-refractivity contribution is 5.76. The monoisotopic (exact) mass is 459 g/mol. The van der Waals surface area contributed by atoms with Crippen molar-refractivity contribution in [3.63, 3.8) is 0 Å². The quantitative estimate of drug-likeness (QED) is 0.487. The lowest BCUT2D eigenvalue weighted by Gasteiger charge is -2.19. The number of aromatic amines is 1. The molecule has 0 unspecified atom stereocenters. The molecule has 172 valence electrons. The predicted molar refractivity (Wildman–Crippen MR) is 112 cm³/mol. The van der Waals surface area contributed by atoms with E-state index in [1.807, 2.05) is 6.07 Å². The molecule has 12 heteroatoms. The maximum absolute atomic E-state index is 12.8. The molecule has 0 radical (unpaired) electrons. The zero-order valence-corrected chi connectivity index (χ0v) is 17.3. The second-order valence-corrected chi connectivity index (χ2v) is 7.54. The van der Waals surface area contributed by atoms with Gasteiger partial charge in [0, 0.05) is 12.1 Å². The highest BCUT2D eigenvalue weighted by Crippen LogP contribution is 2.40. The van der Waals surface area contributed by atoms with Crippen LogP contribution in [0.1, 0.15) is 25.0 Å². The Hall–Kier alpha value is -3.85. The van der Waals surface area contributed by atoms with E-state index in [2.05, 4.69) is 25.5 Å². The van der Waals surface area contributed by atoms with Crippen molar-refractivity contribution >= 4 is 11.6 Å². The van der Waals surface area contributed by atoms with E-state index in [0.717, 1.165) is 12.8 Å². The van der Waals surface area contributed by atoms with E-state index in [1.54, 1.807) is 18.2 Å². The Balaban J connectivity index is 1.63. The van der Waals surface area contributed by atoms with Crippen molar-refractivity contribution in [3.8, 4) is 28.8 Å². The number of hydrogen-bond donors (Lipinski definition) is 3. The third-order valence-corrected chi connectivity index (χ3v) is 4.97. The standard InChI is InChI=1S/C21H20F3N7O2/c22-21(23,24)11-32-16-2-1-3-17(33-14-5-4-12(26)6-14)20(16)15-7-18(31-30-15)29-19-10-27-13(8-25)9-28-19/h1-3,7,9-10,12,14H,4-6,11,26H2,(H2,28,29,30,31)/t12-,14+/m0/s1. The number of hydrogen-bond acceptors (Lipinski definition) is 8. The smallest absolute Gasteiger partial charge is 0.422 e. The number of alkyl halides is 3. The molecule has 0 spiro atoms. The zero-order valence-electron chi connectivity index (χ0n) is 17.3. The summed E-state index contributed by atoms with van der Waals surface area (Å²) in [7, 11) is 0. The summed E-state index contributed by atoms with van der Waals surface area (Å²) >= 11 is 0. The van der Waals surface area contributed by atoms with Crippen molar-refractivity contribution in [3.05, 3.63) is 42.4 Å². The van der Waals surface area contributed by atoms with Crippen molar-refractivity contribution in [2.24, 2.45) is 5.73 Å². The van der Waals surface area contributed by atoms with Crippen LogP contribution in [0, 0.1) is 11.3 Å². The number of halogens is 3. The van der Waals surface area contributed by atoms with Crippen LogP contribution in [0.3, 0.4) is 0 Å². The first-order valence-electron chi connectivity index (χ1n) is 10.1. The first kappa shape index (κ1) is 22.3. The van der Waals surface area contributed by atoms with Gasteiger partial charge in [0.15, 0.2) is 18.1 Å². The van der Waals surface area contributed by atoms with Crippen molar-refractivity contribution < 1.29 is 22.6 Å². The summed E-state index contributed by atoms with van der Waals surface area (Å²) in [5.74, 6) is 1.04. The van der Waals surface area contributed by atoms with Gasteiger partial charge in [-0.25, -0.2) is 9.97 Å². The first-order valence-corrected chi connectivity index (χ1v) is 10.1. The van der Waals surface area contributed by atoms with Crippen LogP contribution >= 0.6 is 0 Å². The number of nitrogens with one attached hydrogen (secondary N) is 2. The van der Waals surface area contributed by atoms with Crippen LogP contribution in [0.15, 0.2) is 36.7 Å². The van der Waals surface area contributed by atoms with Gasteiger partial charge in [-0.2, -0.15) is 23.5 Å². The van der Waals surface area contributed by atoms with E-state index < -0.39 is 12.8 Å². The number of anilines is 2. The third kappa shape index (κ3) is 5.69. The van der Waals surface area contributed by atoms with Crippen LogP contribution in [0.5, 0.6) is 11.5 Å². The number of nitriles is 1. The number of aromatic nitrogens is 4. The molecule has 1 aliphatic rings. The van der Waals surface area contributed by atoms with Crippen LogP contribution in [-0.4, -0.2) is 45.1 Å². The second-order valence-electron chi connectivity index (χ2n) is 7.54. The van der Waals surface area contributed by atoms with Crippen molar-refractivity contribution in [2.75, 3.05) is 11.9 Å². The molecule has 2 heterocycles. The predicted octanol–water partition coefficient (Wildman–Crippen LogP) is 3.68. The lowest BCUT2D eigenvalue weighted by atomic mass is 10.1. The maximum atomic E-state index is 12.8. The fourth-order valence-electron chi connectivity index (χ4n) is 3.51. The molecule has 1 fully saturated rings. The fraction of sp³-hybridized carbons (Fsp3) is 0.333. The molecule has 4 rings (SSSR count). The summed E-state index contributed by atoms with van der Waals surface area (Å²) in [6.07, 6.45) is 0.238. The number of nitrogens with zero attached hydrogens (tertiary/aromatic N) is 4. The second kappa shape index (κ2) is 9.33. The largest absolute Gasteiger partial charge is 0.490 e. The molecule has 1 aliphatic carbocycles. The van der Waals surface area contributed by atoms with Crippen LogP contribution < -0.4 is 20.5 Å². The molecule has 1 aromatic carbocycles. The van der Waals surface area contributed by atoms with Crippen molar-refractivity contribution in [1.82, 2.24) is 20.2 Å². The highest BCUT2D eigenvalue weighted by atomic mass is 19.4. The molecule has 9 nitrogen and oxygen atoms in total. The molecule has 33 heavy (non-hydrogen) atoms. The summed E-state index contributed by atoms with van der Waals surface area (Å²) in [5.41, 5.74) is 6.82. The van der Waals surface area contributed by atoms with Gasteiger partial charge in [0.05, 0.1) is 23.7 Å². The lowest BCUT2D eigenvalue weighted by Crippen LogP contribution is -2.20. The van der Waals surface area contributed by atoms with E-state index in [0.29, 0.717) is 35.1 Å². The molecule has 0 aliphatic heterocycles. The number of nitrogens with two attached hydrogens (primary N) is 1. The van der Waals surface area contributed by atoms with Crippen LogP contribution in [0.4, 0.5) is 24.8 Å². The molecule has 1 saturated carbocycles. The Kier molecular flexibility index (Phi) is 6.32. The van der Waals surface area contributed by atoms with Crippen molar-refractivity contribution in [1.29, 1.82) is 5.26 Å². The van der Waals surface area contributed by atoms with Gasteiger partial charge >= 0.3 is 6.18 Å². The molecular weight excluding hydrogens is 439 g/mol. The average molecular weight is 459 g/mol. The topological polar surface area (TPSA) is 135 Å². The van der Waals surface area contributed by atoms with Gasteiger partial charge in [0.2, 0.25) is 0 Å². The number of benzene rings is 1. The van der Waals surface area contributed by atoms with Gasteiger partial charge in [0.25, 0.3) is 0 Å². The molecule has 3 aromatic rings. The summed E-state index contributed by atoms with van der Waals surface area (Å²) in [6, 6.07) is 8.16. The summed E-state index contributed by atoms with van der Waals surface area (Å²) in [6.45, 7) is -1.45. The minimum Gasteiger partial charge on any atom is -0.490 e. The van der Waals surface area contributed by atoms with E-state index in [-0.39, 0.29) is 23.6 Å². The van der Waals surface area contributed by atoms with Gasteiger partial charge < -0.3 is 20.5 Å². The van der Waals surface area contributed by atoms with Crippen LogP contribution in [0.2, 0.25) is 0 Å². The summed E-state index contributed by atoms with van der Waals surface area (Å²) < 4.78 is 49.6. The Morgan fingerprint density at radius 3 is 2.67 bits per heavy atom. The highest BCUT2D eigenvalue weighted by Gasteiger charge is 2.30. The SMILES string of the molecule is N#Cc1cnc(Nc2cc(-c3c(OCC(F)(F)F)cccc3O[C@@H]3CC[C@H](N)C3)[nH]n2)cn1. The minimum absolute atomic E-state index is 0.000449. The van der Waals surface area contributed by atoms with Gasteiger partial charge in [0.1, 0.15) is 29.5 Å². The Bertz CT molecular complexity index is 1140. The van der Waals surface area contributed by atoms with E-state index in [4.69, 9.17) is 20.5 Å². The van der Waals surface area contributed by atoms with E-state index >= 15 is 0 Å². The molecule has 4 N–H and O–H groups in total. The van der Waals surface area contributed by atoms with E-state index in [9.17, 15) is 13.2 Å². The Morgan fingerprint density at radius 1 is 1.18 bits per heavy atom. The molecule has 0 bridgehead atoms. The zero-order chi connectivity index (χ0) is 23.4. The van der Waals surface area contributed by atoms with E-state index in [1.165, 1.54) is 18.5 Å². The molecule has 2 aromatic heterocycles. The number of rotatable bonds is 7. The molecule has 0 amide bonds. The van der Waals surface area contributed by atoms with Gasteiger partial charge in [-0.3, -0.25) is 5.10 Å². The maximum Gasteiger partial charge on any atom is 0.422 e. The summed E-state index contributed by atoms with van der Waals surface area (Å²) in [5, 5.41) is 18.7. The van der Waals surface area contributed by atoms with Gasteiger partial charge in [-0.15, -0.1) is 0 Å². The lowest BCUT2D eigenvalue weighted by molar-refractivity contribution is -0.153. The van der Waals surface area contributed by atoms with Crippen LogP contribution in [-0.2, 0) is 0 Å². The summed E-state index contributed by atoms with van der Waals surface area (Å²) in [4.78, 5) is 7.97. The minimum atomic E-state index is -4.50. The normalized spacial score (nSPS) is 18.0. The fourth-order valence-corrected chi connectivity index (χ4v) is 3.51. The van der Waals surface area contributed by atoms with Crippen LogP contribution in [0.25, 0.3) is 11.3 Å². The van der Waals surface area contributed by atoms with Crippen molar-refractivity contribution in [2.45, 2.75) is 37.6 Å². The first-order chi connectivity index (χ1) is 15.8. The van der Waals surface area contributed by atoms with Gasteiger partial charge in [-0.05, 0) is 31.4 Å². The third-order valence-electron chi connectivity index (χ3n) is 4.97. The van der Waals surface area contributed by atoms with Gasteiger partial charge in [-0.1, -0.05) is 6.07 Å². The number of ether oxygens (including phenoxy) is 2. The Labute approximate surface area is 186 Å². The molecule has 2 atom stereocenters. The number of H-pyrrole nitrogens is 1. The Morgan fingerprint density at radius 2 is 2.00 bits per heavy atom.